The molecule has 0 spiro atoms. The average molecular weight is 411 g/mol. The molecule has 1 fully saturated rings. The maximum atomic E-state index is 13.1. The zero-order chi connectivity index (χ0) is 20.4. The van der Waals surface area contributed by atoms with Crippen LogP contribution in [-0.4, -0.2) is 41.4 Å². The largest absolute Gasteiger partial charge is 0.497 e. The SMILES string of the molecule is COc1ccc(NC(=O)C2CCCN2C(=O)c2nc(-c3ccco3)sc2C)cc1. The van der Waals surface area contributed by atoms with Gasteiger partial charge in [-0.15, -0.1) is 11.3 Å². The van der Waals surface area contributed by atoms with Crippen molar-refractivity contribution in [2.45, 2.75) is 25.8 Å². The number of amides is 2. The predicted molar refractivity (Wildman–Crippen MR) is 110 cm³/mol. The van der Waals surface area contributed by atoms with Crippen molar-refractivity contribution in [3.05, 3.63) is 53.2 Å². The molecule has 8 heteroatoms. The first-order valence-corrected chi connectivity index (χ1v) is 10.2. The number of thiazole rings is 1. The summed E-state index contributed by atoms with van der Waals surface area (Å²) < 4.78 is 10.5. The lowest BCUT2D eigenvalue weighted by molar-refractivity contribution is -0.119. The van der Waals surface area contributed by atoms with E-state index in [1.807, 2.05) is 13.0 Å². The molecule has 1 aliphatic rings. The first-order valence-electron chi connectivity index (χ1n) is 9.34. The van der Waals surface area contributed by atoms with E-state index in [1.54, 1.807) is 48.6 Å². The van der Waals surface area contributed by atoms with Crippen LogP contribution >= 0.6 is 11.3 Å². The fourth-order valence-corrected chi connectivity index (χ4v) is 4.29. The lowest BCUT2D eigenvalue weighted by atomic mass is 10.2. The van der Waals surface area contributed by atoms with E-state index in [9.17, 15) is 9.59 Å². The number of furan rings is 1. The van der Waals surface area contributed by atoms with Crippen molar-refractivity contribution in [1.82, 2.24) is 9.88 Å². The van der Waals surface area contributed by atoms with Crippen molar-refractivity contribution in [3.8, 4) is 16.5 Å². The van der Waals surface area contributed by atoms with Crippen LogP contribution in [-0.2, 0) is 4.79 Å². The van der Waals surface area contributed by atoms with Crippen LogP contribution in [0.25, 0.3) is 10.8 Å². The van der Waals surface area contributed by atoms with Crippen LogP contribution in [0.3, 0.4) is 0 Å². The number of hydrogen-bond donors (Lipinski definition) is 1. The molecule has 1 saturated heterocycles. The number of anilines is 1. The highest BCUT2D eigenvalue weighted by atomic mass is 32.1. The number of hydrogen-bond acceptors (Lipinski definition) is 6. The van der Waals surface area contributed by atoms with Gasteiger partial charge in [0.1, 0.15) is 17.5 Å². The molecule has 3 aromatic rings. The number of rotatable bonds is 5. The summed E-state index contributed by atoms with van der Waals surface area (Å²) in [5, 5.41) is 3.55. The monoisotopic (exact) mass is 411 g/mol. The van der Waals surface area contributed by atoms with Crippen molar-refractivity contribution in [2.75, 3.05) is 19.0 Å². The van der Waals surface area contributed by atoms with Gasteiger partial charge in [0.25, 0.3) is 5.91 Å². The second kappa shape index (κ2) is 8.08. The summed E-state index contributed by atoms with van der Waals surface area (Å²) in [6.07, 6.45) is 2.98. The molecular formula is C21H21N3O4S. The van der Waals surface area contributed by atoms with E-state index in [0.717, 1.165) is 11.3 Å². The zero-order valence-electron chi connectivity index (χ0n) is 16.2. The third-order valence-electron chi connectivity index (χ3n) is 4.90. The van der Waals surface area contributed by atoms with Gasteiger partial charge in [-0.2, -0.15) is 0 Å². The molecule has 29 heavy (non-hydrogen) atoms. The van der Waals surface area contributed by atoms with Crippen LogP contribution in [0.4, 0.5) is 5.69 Å². The fourth-order valence-electron chi connectivity index (χ4n) is 3.42. The average Bonchev–Trinajstić information content (AvgIpc) is 3.48. The Morgan fingerprint density at radius 2 is 2.07 bits per heavy atom. The Morgan fingerprint density at radius 3 is 2.76 bits per heavy atom. The molecule has 1 N–H and O–H groups in total. The molecule has 0 saturated carbocycles. The standard InChI is InChI=1S/C21H21N3O4S/c1-13-18(23-20(29-13)17-6-4-12-28-17)21(26)24-11-3-5-16(24)19(25)22-14-7-9-15(27-2)10-8-14/h4,6-10,12,16H,3,5,11H2,1-2H3,(H,22,25). The van der Waals surface area contributed by atoms with E-state index in [0.29, 0.717) is 40.9 Å². The van der Waals surface area contributed by atoms with Crippen molar-refractivity contribution in [3.63, 3.8) is 0 Å². The number of carbonyl (C=O) groups is 2. The molecule has 2 aromatic heterocycles. The maximum Gasteiger partial charge on any atom is 0.274 e. The first-order chi connectivity index (χ1) is 14.1. The smallest absolute Gasteiger partial charge is 0.274 e. The van der Waals surface area contributed by atoms with Gasteiger partial charge in [0.15, 0.2) is 10.8 Å². The molecule has 3 heterocycles. The predicted octanol–water partition coefficient (Wildman–Crippen LogP) is 3.96. The number of carbonyl (C=O) groups excluding carboxylic acids is 2. The minimum Gasteiger partial charge on any atom is -0.497 e. The molecule has 0 radical (unpaired) electrons. The first kappa shape index (κ1) is 19.2. The number of likely N-dealkylation sites (tertiary alicyclic amines) is 1. The number of ether oxygens (including phenoxy) is 1. The van der Waals surface area contributed by atoms with Crippen LogP contribution < -0.4 is 10.1 Å². The molecule has 150 valence electrons. The Labute approximate surface area is 172 Å². The van der Waals surface area contributed by atoms with Crippen LogP contribution in [0.1, 0.15) is 28.2 Å². The Kier molecular flexibility index (Phi) is 5.35. The van der Waals surface area contributed by atoms with Gasteiger partial charge in [-0.25, -0.2) is 4.98 Å². The summed E-state index contributed by atoms with van der Waals surface area (Å²) in [6, 6.07) is 10.2. The van der Waals surface area contributed by atoms with Crippen LogP contribution in [0.5, 0.6) is 5.75 Å². The van der Waals surface area contributed by atoms with Gasteiger partial charge in [-0.1, -0.05) is 0 Å². The highest BCUT2D eigenvalue weighted by Crippen LogP contribution is 2.30. The van der Waals surface area contributed by atoms with Crippen molar-refractivity contribution >= 4 is 28.8 Å². The van der Waals surface area contributed by atoms with E-state index < -0.39 is 6.04 Å². The molecule has 0 bridgehead atoms. The van der Waals surface area contributed by atoms with Crippen LogP contribution in [0.2, 0.25) is 0 Å². The summed E-state index contributed by atoms with van der Waals surface area (Å²) in [7, 11) is 1.59. The van der Waals surface area contributed by atoms with Gasteiger partial charge < -0.3 is 19.4 Å². The van der Waals surface area contributed by atoms with Crippen LogP contribution in [0.15, 0.2) is 47.1 Å². The molecule has 1 aromatic carbocycles. The Morgan fingerprint density at radius 1 is 1.28 bits per heavy atom. The Balaban J connectivity index is 1.50. The van der Waals surface area contributed by atoms with E-state index in [1.165, 1.54) is 11.3 Å². The zero-order valence-corrected chi connectivity index (χ0v) is 17.0. The van der Waals surface area contributed by atoms with E-state index >= 15 is 0 Å². The number of nitrogens with zero attached hydrogens (tertiary/aromatic N) is 2. The van der Waals surface area contributed by atoms with Gasteiger partial charge in [-0.3, -0.25) is 9.59 Å². The number of nitrogens with one attached hydrogen (secondary N) is 1. The Hall–Kier alpha value is -3.13. The van der Waals surface area contributed by atoms with Crippen molar-refractivity contribution < 1.29 is 18.7 Å². The summed E-state index contributed by atoms with van der Waals surface area (Å²) >= 11 is 1.41. The number of methoxy groups -OCH3 is 1. The van der Waals surface area contributed by atoms with E-state index in [2.05, 4.69) is 10.3 Å². The fraction of sp³-hybridized carbons (Fsp3) is 0.286. The minimum absolute atomic E-state index is 0.194. The highest BCUT2D eigenvalue weighted by molar-refractivity contribution is 7.15. The lowest BCUT2D eigenvalue weighted by Gasteiger charge is -2.23. The number of benzene rings is 1. The molecule has 7 nitrogen and oxygen atoms in total. The summed E-state index contributed by atoms with van der Waals surface area (Å²) in [6.45, 7) is 2.40. The second-order valence-corrected chi connectivity index (χ2v) is 7.98. The topological polar surface area (TPSA) is 84.7 Å². The molecule has 2 amide bonds. The number of aromatic nitrogens is 1. The quantitative estimate of drug-likeness (QED) is 0.687. The summed E-state index contributed by atoms with van der Waals surface area (Å²) in [4.78, 5) is 32.9. The molecule has 1 aliphatic heterocycles. The van der Waals surface area contributed by atoms with E-state index in [-0.39, 0.29) is 11.8 Å². The molecule has 4 rings (SSSR count). The minimum atomic E-state index is -0.516. The maximum absolute atomic E-state index is 13.1. The van der Waals surface area contributed by atoms with Crippen LogP contribution in [0, 0.1) is 6.92 Å². The lowest BCUT2D eigenvalue weighted by Crippen LogP contribution is -2.43. The summed E-state index contributed by atoms with van der Waals surface area (Å²) in [5.74, 6) is 0.934. The van der Waals surface area contributed by atoms with Gasteiger partial charge in [0.05, 0.1) is 13.4 Å². The Bertz CT molecular complexity index is 1010. The molecule has 0 aliphatic carbocycles. The molecular weight excluding hydrogens is 390 g/mol. The normalized spacial score (nSPS) is 16.1. The van der Waals surface area contributed by atoms with Gasteiger partial charge in [-0.05, 0) is 56.2 Å². The van der Waals surface area contributed by atoms with Gasteiger partial charge in [0, 0.05) is 17.1 Å². The third kappa shape index (κ3) is 3.88. The third-order valence-corrected chi connectivity index (χ3v) is 5.89. The van der Waals surface area contributed by atoms with Gasteiger partial charge >= 0.3 is 0 Å². The van der Waals surface area contributed by atoms with Gasteiger partial charge in [0.2, 0.25) is 5.91 Å². The van der Waals surface area contributed by atoms with E-state index in [4.69, 9.17) is 9.15 Å². The van der Waals surface area contributed by atoms with Crippen molar-refractivity contribution in [2.24, 2.45) is 0 Å². The highest BCUT2D eigenvalue weighted by Gasteiger charge is 2.36. The van der Waals surface area contributed by atoms with Crippen molar-refractivity contribution in [1.29, 1.82) is 0 Å². The number of aryl methyl sites for hydroxylation is 1. The summed E-state index contributed by atoms with van der Waals surface area (Å²) in [5.41, 5.74) is 1.05. The molecule has 1 unspecified atom stereocenters. The molecule has 1 atom stereocenters. The second-order valence-electron chi connectivity index (χ2n) is 6.78.